The number of carbonyl (C=O) groups excluding carboxylic acids is 2. The highest BCUT2D eigenvalue weighted by molar-refractivity contribution is 5.97. The first-order chi connectivity index (χ1) is 12.5. The van der Waals surface area contributed by atoms with Crippen molar-refractivity contribution >= 4 is 11.8 Å². The minimum atomic E-state index is -0.138. The lowest BCUT2D eigenvalue weighted by atomic mass is 10.0. The van der Waals surface area contributed by atoms with E-state index < -0.39 is 0 Å². The molecule has 0 aliphatic carbocycles. The number of piperazine rings is 1. The van der Waals surface area contributed by atoms with Crippen molar-refractivity contribution in [3.05, 3.63) is 53.5 Å². The fourth-order valence-corrected chi connectivity index (χ4v) is 3.08. The third kappa shape index (κ3) is 3.59. The topological polar surface area (TPSA) is 63.0 Å². The highest BCUT2D eigenvalue weighted by atomic mass is 16.5. The molecule has 1 aliphatic heterocycles. The largest absolute Gasteiger partial charge is 0.496 e. The summed E-state index contributed by atoms with van der Waals surface area (Å²) in [6.07, 6.45) is 1.49. The summed E-state index contributed by atoms with van der Waals surface area (Å²) in [4.78, 5) is 28.7. The van der Waals surface area contributed by atoms with Gasteiger partial charge in [-0.15, -0.1) is 0 Å². The van der Waals surface area contributed by atoms with E-state index in [1.54, 1.807) is 29.0 Å². The summed E-state index contributed by atoms with van der Waals surface area (Å²) in [5.41, 5.74) is 1.69. The number of benzene rings is 1. The van der Waals surface area contributed by atoms with Gasteiger partial charge in [-0.3, -0.25) is 9.59 Å². The summed E-state index contributed by atoms with van der Waals surface area (Å²) in [5, 5.41) is 0. The number of amides is 2. The molecule has 138 valence electrons. The quantitative estimate of drug-likeness (QED) is 0.845. The number of carbonyl (C=O) groups is 2. The first-order valence-corrected chi connectivity index (χ1v) is 8.81. The monoisotopic (exact) mass is 356 g/mol. The van der Waals surface area contributed by atoms with Crippen LogP contribution in [0, 0.1) is 0 Å². The number of methoxy groups -OCH3 is 1. The van der Waals surface area contributed by atoms with Crippen LogP contribution in [0.2, 0.25) is 0 Å². The third-order valence-corrected chi connectivity index (χ3v) is 4.71. The Labute approximate surface area is 153 Å². The highest BCUT2D eigenvalue weighted by Crippen LogP contribution is 2.26. The van der Waals surface area contributed by atoms with Crippen molar-refractivity contribution in [2.24, 2.45) is 0 Å². The summed E-state index contributed by atoms with van der Waals surface area (Å²) >= 11 is 0. The Balaban J connectivity index is 1.68. The van der Waals surface area contributed by atoms with Gasteiger partial charge in [0.1, 0.15) is 5.75 Å². The van der Waals surface area contributed by atoms with Gasteiger partial charge >= 0.3 is 0 Å². The molecule has 0 spiro atoms. The lowest BCUT2D eigenvalue weighted by Crippen LogP contribution is -2.50. The van der Waals surface area contributed by atoms with Gasteiger partial charge in [-0.05, 0) is 35.7 Å². The molecule has 0 radical (unpaired) electrons. The fraction of sp³-hybridized carbons (Fsp3) is 0.400. The highest BCUT2D eigenvalue weighted by Gasteiger charge is 2.28. The molecule has 3 rings (SSSR count). The zero-order valence-electron chi connectivity index (χ0n) is 15.4. The Bertz CT molecular complexity index is 775. The van der Waals surface area contributed by atoms with Crippen molar-refractivity contribution in [1.82, 2.24) is 9.80 Å². The van der Waals surface area contributed by atoms with E-state index in [2.05, 4.69) is 13.8 Å². The minimum absolute atomic E-state index is 0.0674. The van der Waals surface area contributed by atoms with Crippen LogP contribution in [0.4, 0.5) is 0 Å². The average Bonchev–Trinajstić information content (AvgIpc) is 3.21. The normalized spacial score (nSPS) is 14.6. The molecule has 1 aromatic carbocycles. The van der Waals surface area contributed by atoms with Gasteiger partial charge in [-0.25, -0.2) is 0 Å². The maximum absolute atomic E-state index is 12.9. The summed E-state index contributed by atoms with van der Waals surface area (Å²) in [6.45, 7) is 6.15. The Hall–Kier alpha value is -2.76. The van der Waals surface area contributed by atoms with Gasteiger partial charge in [-0.1, -0.05) is 19.9 Å². The molecule has 6 heteroatoms. The van der Waals surface area contributed by atoms with Gasteiger partial charge in [0, 0.05) is 26.2 Å². The molecule has 0 bridgehead atoms. The zero-order valence-corrected chi connectivity index (χ0v) is 15.4. The van der Waals surface area contributed by atoms with E-state index in [0.29, 0.717) is 49.2 Å². The second-order valence-electron chi connectivity index (χ2n) is 6.68. The summed E-state index contributed by atoms with van der Waals surface area (Å²) < 4.78 is 10.6. The van der Waals surface area contributed by atoms with Crippen LogP contribution in [0.25, 0.3) is 0 Å². The molecular formula is C20H24N2O4. The van der Waals surface area contributed by atoms with E-state index in [-0.39, 0.29) is 11.8 Å². The van der Waals surface area contributed by atoms with E-state index in [4.69, 9.17) is 9.15 Å². The molecule has 0 unspecified atom stereocenters. The molecule has 1 aliphatic rings. The van der Waals surface area contributed by atoms with Crippen LogP contribution >= 0.6 is 0 Å². The predicted molar refractivity (Wildman–Crippen MR) is 97.6 cm³/mol. The van der Waals surface area contributed by atoms with Gasteiger partial charge in [-0.2, -0.15) is 0 Å². The molecule has 6 nitrogen and oxygen atoms in total. The van der Waals surface area contributed by atoms with Crippen LogP contribution < -0.4 is 4.74 Å². The Morgan fingerprint density at radius 2 is 1.69 bits per heavy atom. The summed E-state index contributed by atoms with van der Waals surface area (Å²) in [6, 6.07) is 9.07. The molecule has 0 saturated carbocycles. The molecule has 1 fully saturated rings. The number of hydrogen-bond acceptors (Lipinski definition) is 4. The Kier molecular flexibility index (Phi) is 5.30. The predicted octanol–water partition coefficient (Wildman–Crippen LogP) is 3.01. The molecule has 1 saturated heterocycles. The average molecular weight is 356 g/mol. The lowest BCUT2D eigenvalue weighted by molar-refractivity contribution is 0.0516. The van der Waals surface area contributed by atoms with Crippen LogP contribution in [0.15, 0.2) is 41.0 Å². The molecule has 2 heterocycles. The minimum Gasteiger partial charge on any atom is -0.496 e. The first-order valence-electron chi connectivity index (χ1n) is 8.81. The van der Waals surface area contributed by atoms with Crippen LogP contribution in [0.1, 0.15) is 46.2 Å². The van der Waals surface area contributed by atoms with Crippen molar-refractivity contribution < 1.29 is 18.7 Å². The summed E-state index contributed by atoms with van der Waals surface area (Å²) in [5.74, 6) is 1.08. The second kappa shape index (κ2) is 7.64. The van der Waals surface area contributed by atoms with E-state index in [1.165, 1.54) is 6.26 Å². The van der Waals surface area contributed by atoms with Gasteiger partial charge in [0.25, 0.3) is 11.8 Å². The van der Waals surface area contributed by atoms with Gasteiger partial charge in [0.2, 0.25) is 0 Å². The maximum atomic E-state index is 12.9. The zero-order chi connectivity index (χ0) is 18.7. The molecule has 2 amide bonds. The molecule has 1 aromatic heterocycles. The van der Waals surface area contributed by atoms with Crippen molar-refractivity contribution in [2.75, 3.05) is 33.3 Å². The smallest absolute Gasteiger partial charge is 0.289 e. The first kappa shape index (κ1) is 18.0. The standard InChI is InChI=1S/C20H24N2O4/c1-14(2)15-6-7-16(18(13-15)25-3)19(23)21-8-10-22(11-9-21)20(24)17-5-4-12-26-17/h4-7,12-14H,8-11H2,1-3H3. The van der Waals surface area contributed by atoms with Gasteiger partial charge < -0.3 is 19.0 Å². The van der Waals surface area contributed by atoms with Crippen LogP contribution in [0.3, 0.4) is 0 Å². The number of hydrogen-bond donors (Lipinski definition) is 0. The van der Waals surface area contributed by atoms with Gasteiger partial charge in [0.05, 0.1) is 18.9 Å². The molecule has 26 heavy (non-hydrogen) atoms. The molecule has 2 aromatic rings. The SMILES string of the molecule is COc1cc(C(C)C)ccc1C(=O)N1CCN(C(=O)c2ccco2)CC1. The molecular weight excluding hydrogens is 332 g/mol. The van der Waals surface area contributed by atoms with Crippen LogP contribution in [-0.2, 0) is 0 Å². The molecule has 0 atom stereocenters. The maximum Gasteiger partial charge on any atom is 0.289 e. The van der Waals surface area contributed by atoms with Crippen molar-refractivity contribution in [2.45, 2.75) is 19.8 Å². The van der Waals surface area contributed by atoms with Crippen molar-refractivity contribution in [3.63, 3.8) is 0 Å². The van der Waals surface area contributed by atoms with E-state index in [1.807, 2.05) is 18.2 Å². The number of nitrogens with zero attached hydrogens (tertiary/aromatic N) is 2. The number of ether oxygens (including phenoxy) is 1. The molecule has 0 N–H and O–H groups in total. The second-order valence-corrected chi connectivity index (χ2v) is 6.68. The fourth-order valence-electron chi connectivity index (χ4n) is 3.08. The van der Waals surface area contributed by atoms with Crippen LogP contribution in [-0.4, -0.2) is 54.9 Å². The van der Waals surface area contributed by atoms with Crippen molar-refractivity contribution in [3.8, 4) is 5.75 Å². The summed E-state index contributed by atoms with van der Waals surface area (Å²) in [7, 11) is 1.58. The van der Waals surface area contributed by atoms with E-state index >= 15 is 0 Å². The number of furan rings is 1. The third-order valence-electron chi connectivity index (χ3n) is 4.71. The van der Waals surface area contributed by atoms with Crippen molar-refractivity contribution in [1.29, 1.82) is 0 Å². The Morgan fingerprint density at radius 1 is 1.04 bits per heavy atom. The van der Waals surface area contributed by atoms with Gasteiger partial charge in [0.15, 0.2) is 5.76 Å². The number of rotatable bonds is 4. The Morgan fingerprint density at radius 3 is 2.23 bits per heavy atom. The van der Waals surface area contributed by atoms with Crippen LogP contribution in [0.5, 0.6) is 5.75 Å². The lowest BCUT2D eigenvalue weighted by Gasteiger charge is -2.34. The van der Waals surface area contributed by atoms with E-state index in [0.717, 1.165) is 5.56 Å². The van der Waals surface area contributed by atoms with E-state index in [9.17, 15) is 9.59 Å².